The highest BCUT2D eigenvalue weighted by Gasteiger charge is 2.37. The third-order valence-electron chi connectivity index (χ3n) is 5.33. The van der Waals surface area contributed by atoms with E-state index in [0.29, 0.717) is 35.8 Å². The summed E-state index contributed by atoms with van der Waals surface area (Å²) in [5.41, 5.74) is 0.528. The molecule has 2 aromatic carbocycles. The molecule has 0 spiro atoms. The van der Waals surface area contributed by atoms with Crippen LogP contribution in [0.15, 0.2) is 63.2 Å². The van der Waals surface area contributed by atoms with Crippen LogP contribution in [-0.4, -0.2) is 42.5 Å². The van der Waals surface area contributed by atoms with Crippen molar-refractivity contribution in [3.8, 4) is 10.8 Å². The second-order valence-electron chi connectivity index (χ2n) is 7.44. The molecule has 0 N–H and O–H groups in total. The van der Waals surface area contributed by atoms with Gasteiger partial charge in [0.15, 0.2) is 0 Å². The molecule has 2 aromatic heterocycles. The van der Waals surface area contributed by atoms with Gasteiger partial charge < -0.3 is 9.32 Å². The first-order valence-corrected chi connectivity index (χ1v) is 12.5. The highest BCUT2D eigenvalue weighted by molar-refractivity contribution is 7.93. The maximum Gasteiger partial charge on any atom is 0.265 e. The van der Waals surface area contributed by atoms with Gasteiger partial charge in [-0.25, -0.2) is 8.42 Å². The largest absolute Gasteiger partial charge is 0.418 e. The molecule has 5 rings (SSSR count). The van der Waals surface area contributed by atoms with Crippen molar-refractivity contribution in [1.29, 1.82) is 0 Å². The van der Waals surface area contributed by atoms with Gasteiger partial charge in [0.25, 0.3) is 15.9 Å². The van der Waals surface area contributed by atoms with E-state index in [1.54, 1.807) is 29.2 Å². The summed E-state index contributed by atoms with van der Waals surface area (Å²) in [5, 5.41) is 11.5. The smallest absolute Gasteiger partial charge is 0.265 e. The van der Waals surface area contributed by atoms with Crippen LogP contribution in [0.1, 0.15) is 19.2 Å². The van der Waals surface area contributed by atoms with Gasteiger partial charge in [0.1, 0.15) is 6.54 Å². The number of hydrogen-bond acceptors (Lipinski definition) is 7. The molecule has 0 saturated carbocycles. The monoisotopic (exact) mass is 468 g/mol. The molecular weight excluding hydrogens is 448 g/mol. The Morgan fingerprint density at radius 1 is 1.12 bits per heavy atom. The minimum absolute atomic E-state index is 0.121. The number of carbonyl (C=O) groups excluding carboxylic acids is 1. The standard InChI is InChI=1S/C22H20N4O4S2/c1-2-11-25(13-19-23-24-22(30-19)17-9-5-12-31-17)20(27)14-26-16-8-3-6-15-7-4-10-18(21(15)16)32(26,28)29/h3-10,12H,2,11,13-14H2,1H3. The Morgan fingerprint density at radius 2 is 1.94 bits per heavy atom. The molecule has 1 aliphatic rings. The normalized spacial score (nSPS) is 14.2. The summed E-state index contributed by atoms with van der Waals surface area (Å²) in [6.45, 7) is 2.23. The molecule has 8 nitrogen and oxygen atoms in total. The first-order chi connectivity index (χ1) is 15.5. The fourth-order valence-corrected chi connectivity index (χ4v) is 6.20. The molecule has 0 atom stereocenters. The van der Waals surface area contributed by atoms with Crippen LogP contribution in [-0.2, 0) is 21.4 Å². The zero-order valence-electron chi connectivity index (χ0n) is 17.3. The van der Waals surface area contributed by atoms with Crippen LogP contribution in [0.25, 0.3) is 21.5 Å². The Bertz CT molecular complexity index is 1390. The minimum Gasteiger partial charge on any atom is -0.418 e. The van der Waals surface area contributed by atoms with Crippen molar-refractivity contribution in [2.24, 2.45) is 0 Å². The van der Waals surface area contributed by atoms with E-state index in [2.05, 4.69) is 10.2 Å². The summed E-state index contributed by atoms with van der Waals surface area (Å²) in [4.78, 5) is 15.9. The van der Waals surface area contributed by atoms with Gasteiger partial charge in [-0.2, -0.15) is 0 Å². The van der Waals surface area contributed by atoms with Gasteiger partial charge in [-0.3, -0.25) is 9.10 Å². The van der Waals surface area contributed by atoms with Crippen LogP contribution in [0.3, 0.4) is 0 Å². The first kappa shape index (κ1) is 20.7. The highest BCUT2D eigenvalue weighted by atomic mass is 32.2. The number of amides is 1. The third kappa shape index (κ3) is 3.45. The molecule has 4 aromatic rings. The number of benzene rings is 2. The number of sulfonamides is 1. The maximum absolute atomic E-state index is 13.2. The van der Waals surface area contributed by atoms with Crippen LogP contribution in [0.5, 0.6) is 0 Å². The number of hydrogen-bond donors (Lipinski definition) is 0. The molecule has 0 bridgehead atoms. The molecule has 10 heteroatoms. The lowest BCUT2D eigenvalue weighted by atomic mass is 10.1. The number of thiophene rings is 1. The van der Waals surface area contributed by atoms with E-state index in [1.807, 2.05) is 36.6 Å². The SMILES string of the molecule is CCCN(Cc1nnc(-c2cccs2)o1)C(=O)CN1c2cccc3cccc(c23)S1(=O)=O. The highest BCUT2D eigenvalue weighted by Crippen LogP contribution is 2.41. The fourth-order valence-electron chi connectivity index (χ4n) is 3.89. The number of rotatable bonds is 7. The second-order valence-corrected chi connectivity index (χ2v) is 10.2. The molecule has 0 radical (unpaired) electrons. The molecule has 0 aliphatic carbocycles. The van der Waals surface area contributed by atoms with E-state index >= 15 is 0 Å². The van der Waals surface area contributed by atoms with Gasteiger partial charge in [0.2, 0.25) is 11.8 Å². The van der Waals surface area contributed by atoms with Crippen molar-refractivity contribution in [3.63, 3.8) is 0 Å². The van der Waals surface area contributed by atoms with Gasteiger partial charge in [0, 0.05) is 11.9 Å². The Labute approximate surface area is 189 Å². The van der Waals surface area contributed by atoms with E-state index in [-0.39, 0.29) is 23.9 Å². The molecule has 0 fully saturated rings. The number of nitrogens with zero attached hydrogens (tertiary/aromatic N) is 4. The summed E-state index contributed by atoms with van der Waals surface area (Å²) in [6, 6.07) is 14.3. The first-order valence-electron chi connectivity index (χ1n) is 10.2. The molecular formula is C22H20N4O4S2. The van der Waals surface area contributed by atoms with Crippen molar-refractivity contribution in [3.05, 3.63) is 59.8 Å². The van der Waals surface area contributed by atoms with Gasteiger partial charge in [-0.15, -0.1) is 21.5 Å². The average molecular weight is 469 g/mol. The number of carbonyl (C=O) groups is 1. The zero-order valence-corrected chi connectivity index (χ0v) is 18.9. The minimum atomic E-state index is -3.80. The van der Waals surface area contributed by atoms with E-state index in [1.165, 1.54) is 15.6 Å². The topological polar surface area (TPSA) is 96.6 Å². The second kappa shape index (κ2) is 8.03. The van der Waals surface area contributed by atoms with Crippen molar-refractivity contribution in [2.75, 3.05) is 17.4 Å². The van der Waals surface area contributed by atoms with Crippen molar-refractivity contribution < 1.29 is 17.6 Å². The number of aromatic nitrogens is 2. The summed E-state index contributed by atoms with van der Waals surface area (Å²) in [6.07, 6.45) is 0.709. The Morgan fingerprint density at radius 3 is 2.69 bits per heavy atom. The van der Waals surface area contributed by atoms with Gasteiger partial charge in [-0.1, -0.05) is 37.3 Å². The Kier molecular flexibility index (Phi) is 5.18. The van der Waals surface area contributed by atoms with Crippen LogP contribution in [0.2, 0.25) is 0 Å². The lowest BCUT2D eigenvalue weighted by Crippen LogP contribution is -2.41. The van der Waals surface area contributed by atoms with Crippen molar-refractivity contribution in [2.45, 2.75) is 24.8 Å². The summed E-state index contributed by atoms with van der Waals surface area (Å²) in [7, 11) is -3.80. The Hall–Kier alpha value is -3.24. The van der Waals surface area contributed by atoms with Crippen molar-refractivity contribution in [1.82, 2.24) is 15.1 Å². The summed E-state index contributed by atoms with van der Waals surface area (Å²) >= 11 is 1.49. The van der Waals surface area contributed by atoms with Crippen LogP contribution in [0, 0.1) is 0 Å². The van der Waals surface area contributed by atoms with Crippen molar-refractivity contribution >= 4 is 43.7 Å². The van der Waals surface area contributed by atoms with E-state index in [0.717, 1.165) is 10.3 Å². The molecule has 32 heavy (non-hydrogen) atoms. The molecule has 3 heterocycles. The van der Waals surface area contributed by atoms with Gasteiger partial charge in [-0.05, 0) is 35.4 Å². The zero-order chi connectivity index (χ0) is 22.3. The molecule has 0 unspecified atom stereocenters. The summed E-state index contributed by atoms with van der Waals surface area (Å²) < 4.78 is 33.3. The van der Waals surface area contributed by atoms with Crippen LogP contribution < -0.4 is 4.31 Å². The molecule has 1 amide bonds. The number of anilines is 1. The predicted octanol–water partition coefficient (Wildman–Crippen LogP) is 3.90. The average Bonchev–Trinajstić information content (AvgIpc) is 3.51. The van der Waals surface area contributed by atoms with E-state index in [9.17, 15) is 13.2 Å². The maximum atomic E-state index is 13.2. The molecule has 164 valence electrons. The van der Waals surface area contributed by atoms with Crippen LogP contribution in [0.4, 0.5) is 5.69 Å². The predicted molar refractivity (Wildman–Crippen MR) is 122 cm³/mol. The lowest BCUT2D eigenvalue weighted by molar-refractivity contribution is -0.130. The molecule has 0 saturated heterocycles. The van der Waals surface area contributed by atoms with Gasteiger partial charge >= 0.3 is 0 Å². The van der Waals surface area contributed by atoms with Crippen LogP contribution >= 0.6 is 11.3 Å². The third-order valence-corrected chi connectivity index (χ3v) is 7.99. The lowest BCUT2D eigenvalue weighted by Gasteiger charge is -2.24. The van der Waals surface area contributed by atoms with Gasteiger partial charge in [0.05, 0.1) is 22.0 Å². The van der Waals surface area contributed by atoms with E-state index < -0.39 is 10.0 Å². The summed E-state index contributed by atoms with van der Waals surface area (Å²) in [5.74, 6) is 0.393. The van der Waals surface area contributed by atoms with E-state index in [4.69, 9.17) is 4.42 Å². The quantitative estimate of drug-likeness (QED) is 0.408. The Balaban J connectivity index is 1.40. The fraction of sp³-hybridized carbons (Fsp3) is 0.227. The molecule has 1 aliphatic heterocycles.